The number of benzene rings is 2. The number of rotatable bonds is 8. The summed E-state index contributed by atoms with van der Waals surface area (Å²) < 4.78 is 41.4. The molecule has 1 aromatic heterocycles. The molecule has 176 valence electrons. The molecule has 0 unspecified atom stereocenters. The lowest BCUT2D eigenvalue weighted by Crippen LogP contribution is -2.33. The molecule has 33 heavy (non-hydrogen) atoms. The Balaban J connectivity index is 1.61. The van der Waals surface area contributed by atoms with E-state index in [1.165, 1.54) is 39.9 Å². The van der Waals surface area contributed by atoms with Gasteiger partial charge in [0.15, 0.2) is 5.13 Å². The van der Waals surface area contributed by atoms with E-state index < -0.39 is 10.0 Å². The van der Waals surface area contributed by atoms with Gasteiger partial charge in [0.2, 0.25) is 10.0 Å². The van der Waals surface area contributed by atoms with Gasteiger partial charge in [-0.1, -0.05) is 11.3 Å². The number of halogens is 1. The average molecular weight is 491 g/mol. The summed E-state index contributed by atoms with van der Waals surface area (Å²) >= 11 is 1.26. The third kappa shape index (κ3) is 5.24. The van der Waals surface area contributed by atoms with E-state index in [0.29, 0.717) is 40.5 Å². The first kappa shape index (κ1) is 23.7. The molecule has 1 fully saturated rings. The summed E-state index contributed by atoms with van der Waals surface area (Å²) in [5, 5.41) is 0.494. The summed E-state index contributed by atoms with van der Waals surface area (Å²) in [4.78, 5) is 21.8. The Labute approximate surface area is 197 Å². The van der Waals surface area contributed by atoms with E-state index in [-0.39, 0.29) is 16.6 Å². The molecule has 10 heteroatoms. The number of sulfonamides is 1. The van der Waals surface area contributed by atoms with E-state index in [4.69, 9.17) is 0 Å². The van der Waals surface area contributed by atoms with Gasteiger partial charge in [-0.2, -0.15) is 4.31 Å². The fourth-order valence-electron chi connectivity index (χ4n) is 3.83. The highest BCUT2D eigenvalue weighted by molar-refractivity contribution is 7.89. The summed E-state index contributed by atoms with van der Waals surface area (Å²) in [6, 6.07) is 10.5. The van der Waals surface area contributed by atoms with Gasteiger partial charge in [0.25, 0.3) is 5.91 Å². The Morgan fingerprint density at radius 2 is 1.79 bits per heavy atom. The van der Waals surface area contributed by atoms with Crippen LogP contribution in [0.1, 0.15) is 29.6 Å². The molecule has 0 bridgehead atoms. The third-order valence-electron chi connectivity index (χ3n) is 5.61. The van der Waals surface area contributed by atoms with Gasteiger partial charge in [-0.25, -0.2) is 17.8 Å². The van der Waals surface area contributed by atoms with Gasteiger partial charge in [-0.3, -0.25) is 9.69 Å². The summed E-state index contributed by atoms with van der Waals surface area (Å²) in [5.41, 5.74) is 1.01. The van der Waals surface area contributed by atoms with Crippen molar-refractivity contribution in [1.82, 2.24) is 14.2 Å². The largest absolute Gasteiger partial charge is 0.309 e. The maximum absolute atomic E-state index is 13.6. The zero-order valence-electron chi connectivity index (χ0n) is 18.7. The van der Waals surface area contributed by atoms with Crippen molar-refractivity contribution >= 4 is 42.6 Å². The van der Waals surface area contributed by atoms with Crippen LogP contribution in [0.4, 0.5) is 9.52 Å². The second-order valence-corrected chi connectivity index (χ2v) is 11.3. The lowest BCUT2D eigenvalue weighted by molar-refractivity contribution is 0.0986. The molecule has 2 aromatic carbocycles. The standard InChI is InChI=1S/C23H27FN4O3S2/c1-26(2)12-5-15-28(23-25-20-11-8-18(24)16-21(20)32-23)22(29)17-6-9-19(10-7-17)33(30,31)27-13-3-4-14-27/h6-11,16H,3-5,12-15H2,1-2H3. The van der Waals surface area contributed by atoms with Crippen LogP contribution in [0, 0.1) is 5.82 Å². The van der Waals surface area contributed by atoms with Crippen molar-refractivity contribution in [1.29, 1.82) is 0 Å². The predicted octanol–water partition coefficient (Wildman–Crippen LogP) is 3.82. The van der Waals surface area contributed by atoms with Crippen molar-refractivity contribution in [2.75, 3.05) is 45.2 Å². The smallest absolute Gasteiger partial charge is 0.260 e. The van der Waals surface area contributed by atoms with Crippen LogP contribution < -0.4 is 4.90 Å². The summed E-state index contributed by atoms with van der Waals surface area (Å²) in [7, 11) is 0.387. The molecule has 0 atom stereocenters. The number of amides is 1. The van der Waals surface area contributed by atoms with Crippen LogP contribution in [0.25, 0.3) is 10.2 Å². The van der Waals surface area contributed by atoms with Crippen LogP contribution in [0.5, 0.6) is 0 Å². The normalized spacial score (nSPS) is 14.9. The molecule has 0 saturated carbocycles. The molecule has 0 spiro atoms. The lowest BCUT2D eigenvalue weighted by Gasteiger charge is -2.21. The van der Waals surface area contributed by atoms with Crippen LogP contribution >= 0.6 is 11.3 Å². The molecular formula is C23H27FN4O3S2. The molecular weight excluding hydrogens is 463 g/mol. The number of anilines is 1. The van der Waals surface area contributed by atoms with E-state index in [2.05, 4.69) is 4.98 Å². The summed E-state index contributed by atoms with van der Waals surface area (Å²) in [6.45, 7) is 2.28. The molecule has 7 nitrogen and oxygen atoms in total. The highest BCUT2D eigenvalue weighted by Gasteiger charge is 2.28. The highest BCUT2D eigenvalue weighted by atomic mass is 32.2. The first-order valence-corrected chi connectivity index (χ1v) is 13.1. The van der Waals surface area contributed by atoms with Gasteiger partial charge < -0.3 is 4.90 Å². The Bertz CT molecular complexity index is 1240. The summed E-state index contributed by atoms with van der Waals surface area (Å²) in [5.74, 6) is -0.614. The number of thiazole rings is 1. The van der Waals surface area contributed by atoms with Crippen LogP contribution in [0.15, 0.2) is 47.4 Å². The minimum Gasteiger partial charge on any atom is -0.309 e. The number of hydrogen-bond donors (Lipinski definition) is 0. The third-order valence-corrected chi connectivity index (χ3v) is 8.56. The average Bonchev–Trinajstić information content (AvgIpc) is 3.46. The zero-order chi connectivity index (χ0) is 23.6. The van der Waals surface area contributed by atoms with Crippen LogP contribution in [-0.4, -0.2) is 68.8 Å². The highest BCUT2D eigenvalue weighted by Crippen LogP contribution is 2.31. The van der Waals surface area contributed by atoms with Crippen molar-refractivity contribution in [2.24, 2.45) is 0 Å². The topological polar surface area (TPSA) is 73.8 Å². The number of aromatic nitrogens is 1. The molecule has 1 aliphatic rings. The Kier molecular flexibility index (Phi) is 7.08. The maximum Gasteiger partial charge on any atom is 0.260 e. The van der Waals surface area contributed by atoms with Crippen molar-refractivity contribution in [2.45, 2.75) is 24.2 Å². The van der Waals surface area contributed by atoms with Crippen LogP contribution in [-0.2, 0) is 10.0 Å². The van der Waals surface area contributed by atoms with Gasteiger partial charge in [-0.05, 0) is 82.4 Å². The molecule has 1 amide bonds. The summed E-state index contributed by atoms with van der Waals surface area (Å²) in [6.07, 6.45) is 2.46. The monoisotopic (exact) mass is 490 g/mol. The van der Waals surface area contributed by atoms with Crippen molar-refractivity contribution in [3.05, 3.63) is 53.8 Å². The van der Waals surface area contributed by atoms with Crippen LogP contribution in [0.2, 0.25) is 0 Å². The molecule has 1 saturated heterocycles. The minimum atomic E-state index is -3.54. The van der Waals surface area contributed by atoms with Gasteiger partial charge in [0, 0.05) is 25.2 Å². The van der Waals surface area contributed by atoms with E-state index >= 15 is 0 Å². The van der Waals surface area contributed by atoms with E-state index in [1.54, 1.807) is 23.1 Å². The fourth-order valence-corrected chi connectivity index (χ4v) is 6.37. The lowest BCUT2D eigenvalue weighted by atomic mass is 10.2. The van der Waals surface area contributed by atoms with Gasteiger partial charge >= 0.3 is 0 Å². The van der Waals surface area contributed by atoms with E-state index in [1.807, 2.05) is 19.0 Å². The molecule has 1 aliphatic heterocycles. The van der Waals surface area contributed by atoms with E-state index in [9.17, 15) is 17.6 Å². The molecule has 0 N–H and O–H groups in total. The van der Waals surface area contributed by atoms with Gasteiger partial charge in [0.1, 0.15) is 5.82 Å². The SMILES string of the molecule is CN(C)CCCN(C(=O)c1ccc(S(=O)(=O)N2CCCC2)cc1)c1nc2ccc(F)cc2s1. The quantitative estimate of drug-likeness (QED) is 0.480. The molecule has 4 rings (SSSR count). The second-order valence-electron chi connectivity index (χ2n) is 8.36. The van der Waals surface area contributed by atoms with E-state index in [0.717, 1.165) is 25.8 Å². The minimum absolute atomic E-state index is 0.190. The number of carbonyl (C=O) groups excluding carboxylic acids is 1. The first-order valence-electron chi connectivity index (χ1n) is 10.9. The number of hydrogen-bond acceptors (Lipinski definition) is 6. The zero-order valence-corrected chi connectivity index (χ0v) is 20.3. The molecule has 2 heterocycles. The van der Waals surface area contributed by atoms with Gasteiger partial charge in [-0.15, -0.1) is 0 Å². The number of fused-ring (bicyclic) bond motifs is 1. The number of carbonyl (C=O) groups is 1. The van der Waals surface area contributed by atoms with Crippen LogP contribution in [0.3, 0.4) is 0 Å². The first-order chi connectivity index (χ1) is 15.8. The molecule has 0 radical (unpaired) electrons. The maximum atomic E-state index is 13.6. The Morgan fingerprint density at radius 1 is 1.09 bits per heavy atom. The van der Waals surface area contributed by atoms with Gasteiger partial charge in [0.05, 0.1) is 15.1 Å². The predicted molar refractivity (Wildman–Crippen MR) is 129 cm³/mol. The fraction of sp³-hybridized carbons (Fsp3) is 0.391. The second kappa shape index (κ2) is 9.84. The van der Waals surface area contributed by atoms with Crippen molar-refractivity contribution in [3.63, 3.8) is 0 Å². The van der Waals surface area contributed by atoms with Crippen molar-refractivity contribution in [3.8, 4) is 0 Å². The molecule has 3 aromatic rings. The Morgan fingerprint density at radius 3 is 2.45 bits per heavy atom. The number of nitrogens with zero attached hydrogens (tertiary/aromatic N) is 4. The Hall–Kier alpha value is -2.40. The molecule has 0 aliphatic carbocycles. The van der Waals surface area contributed by atoms with Crippen molar-refractivity contribution < 1.29 is 17.6 Å².